The first-order valence-corrected chi connectivity index (χ1v) is 17.0. The lowest BCUT2D eigenvalue weighted by Gasteiger charge is -2.55. The SMILES string of the molecule is CC(C)N1CC2N(C(=O)C(N(Cc3ccccc3)C(=O)O)CN2S(=O)(=O)c2ccc(Cl)cc2Cl)C(Cc2ccc(C(F)(F)F)cc2)C1=O. The second kappa shape index (κ2) is 13.6. The molecule has 256 valence electrons. The highest BCUT2D eigenvalue weighted by atomic mass is 35.5. The lowest BCUT2D eigenvalue weighted by Crippen LogP contribution is -2.76. The van der Waals surface area contributed by atoms with Crippen molar-refractivity contribution < 1.29 is 41.1 Å². The maximum atomic E-state index is 14.5. The Bertz CT molecular complexity index is 1810. The van der Waals surface area contributed by atoms with Gasteiger partial charge >= 0.3 is 12.3 Å². The second-order valence-corrected chi connectivity index (χ2v) is 14.5. The standard InChI is InChI=1S/C32H31Cl2F3N4O6S/c1-19(2)38-18-28-40(48(46,47)27-13-12-23(33)15-24(27)34)17-26(39(31(44)45)16-21-6-4-3-5-7-21)30(43)41(28)25(29(38)42)14-20-8-10-22(11-9-20)32(35,36)37/h3-13,15,19,25-26,28H,14,16-18H2,1-2H3,(H,44,45). The van der Waals surface area contributed by atoms with Crippen LogP contribution in [-0.2, 0) is 38.8 Å². The highest BCUT2D eigenvalue weighted by Gasteiger charge is 2.56. The topological polar surface area (TPSA) is 119 Å². The first-order valence-electron chi connectivity index (χ1n) is 14.8. The van der Waals surface area contributed by atoms with Crippen LogP contribution < -0.4 is 0 Å². The Morgan fingerprint density at radius 2 is 1.60 bits per heavy atom. The molecule has 3 atom stereocenters. The quantitative estimate of drug-likeness (QED) is 0.324. The molecule has 0 radical (unpaired) electrons. The zero-order valence-corrected chi connectivity index (χ0v) is 28.0. The molecule has 2 saturated heterocycles. The van der Waals surface area contributed by atoms with E-state index >= 15 is 0 Å². The third-order valence-electron chi connectivity index (χ3n) is 8.44. The highest BCUT2D eigenvalue weighted by molar-refractivity contribution is 7.89. The van der Waals surface area contributed by atoms with Gasteiger partial charge in [-0.2, -0.15) is 17.5 Å². The molecule has 3 unspecified atom stereocenters. The van der Waals surface area contributed by atoms with Gasteiger partial charge in [-0.15, -0.1) is 0 Å². The summed E-state index contributed by atoms with van der Waals surface area (Å²) < 4.78 is 69.7. The smallest absolute Gasteiger partial charge is 0.416 e. The molecule has 16 heteroatoms. The summed E-state index contributed by atoms with van der Waals surface area (Å²) in [4.78, 5) is 44.1. The number of hydrogen-bond donors (Lipinski definition) is 1. The molecule has 2 fully saturated rings. The summed E-state index contributed by atoms with van der Waals surface area (Å²) in [7, 11) is -4.59. The van der Waals surface area contributed by atoms with E-state index in [0.29, 0.717) is 5.56 Å². The van der Waals surface area contributed by atoms with Crippen molar-refractivity contribution in [2.45, 2.75) is 62.2 Å². The van der Waals surface area contributed by atoms with Crippen molar-refractivity contribution in [3.8, 4) is 0 Å². The Kier molecular flexibility index (Phi) is 10.0. The Morgan fingerprint density at radius 1 is 0.958 bits per heavy atom. The third kappa shape index (κ3) is 6.98. The molecule has 2 aliphatic rings. The van der Waals surface area contributed by atoms with Gasteiger partial charge in [0.15, 0.2) is 0 Å². The number of piperazine rings is 1. The molecule has 0 aliphatic carbocycles. The number of halogens is 5. The van der Waals surface area contributed by atoms with Gasteiger partial charge < -0.3 is 14.9 Å². The van der Waals surface area contributed by atoms with Crippen molar-refractivity contribution in [2.24, 2.45) is 0 Å². The van der Waals surface area contributed by atoms with E-state index < -0.39 is 70.5 Å². The zero-order chi connectivity index (χ0) is 35.1. The Morgan fingerprint density at radius 3 is 2.17 bits per heavy atom. The molecule has 48 heavy (non-hydrogen) atoms. The fraction of sp³-hybridized carbons (Fsp3) is 0.344. The van der Waals surface area contributed by atoms with Crippen LogP contribution in [0.15, 0.2) is 77.7 Å². The molecule has 0 aromatic heterocycles. The molecule has 1 N–H and O–H groups in total. The minimum absolute atomic E-state index is 0.165. The molecule has 3 aromatic rings. The molecule has 5 rings (SSSR count). The molecule has 3 aromatic carbocycles. The molecule has 2 heterocycles. The van der Waals surface area contributed by atoms with E-state index in [0.717, 1.165) is 26.2 Å². The first-order chi connectivity index (χ1) is 22.5. The van der Waals surface area contributed by atoms with Crippen molar-refractivity contribution in [3.05, 3.63) is 99.5 Å². The zero-order valence-electron chi connectivity index (χ0n) is 25.6. The summed E-state index contributed by atoms with van der Waals surface area (Å²) in [6.45, 7) is 2.27. The van der Waals surface area contributed by atoms with Crippen molar-refractivity contribution in [3.63, 3.8) is 0 Å². The lowest BCUT2D eigenvalue weighted by atomic mass is 9.95. The number of fused-ring (bicyclic) bond motifs is 1. The fourth-order valence-electron chi connectivity index (χ4n) is 6.04. The number of nitrogens with zero attached hydrogens (tertiary/aromatic N) is 4. The molecule has 3 amide bonds. The number of sulfonamides is 1. The van der Waals surface area contributed by atoms with Crippen LogP contribution in [0.5, 0.6) is 0 Å². The minimum atomic E-state index is -4.61. The van der Waals surface area contributed by atoms with E-state index in [1.807, 2.05) is 0 Å². The van der Waals surface area contributed by atoms with Crippen molar-refractivity contribution in [1.82, 2.24) is 19.0 Å². The van der Waals surface area contributed by atoms with Crippen LogP contribution in [0.3, 0.4) is 0 Å². The fourth-order valence-corrected chi connectivity index (χ4v) is 8.37. The molecule has 10 nitrogen and oxygen atoms in total. The van der Waals surface area contributed by atoms with Crippen molar-refractivity contribution in [1.29, 1.82) is 0 Å². The Balaban J connectivity index is 1.65. The van der Waals surface area contributed by atoms with Gasteiger partial charge in [0, 0.05) is 30.6 Å². The third-order valence-corrected chi connectivity index (χ3v) is 11.0. The molecule has 2 aliphatic heterocycles. The Labute approximate surface area is 285 Å². The second-order valence-electron chi connectivity index (χ2n) is 11.8. The van der Waals surface area contributed by atoms with E-state index in [1.54, 1.807) is 44.2 Å². The summed E-state index contributed by atoms with van der Waals surface area (Å²) in [5, 5.41) is 10.3. The average molecular weight is 728 g/mol. The van der Waals surface area contributed by atoms with E-state index in [4.69, 9.17) is 23.2 Å². The van der Waals surface area contributed by atoms with Crippen LogP contribution in [0.2, 0.25) is 10.0 Å². The van der Waals surface area contributed by atoms with Crippen LogP contribution in [0.25, 0.3) is 0 Å². The van der Waals surface area contributed by atoms with Crippen molar-refractivity contribution in [2.75, 3.05) is 13.1 Å². The maximum absolute atomic E-state index is 14.5. The number of alkyl halides is 3. The van der Waals surface area contributed by atoms with Gasteiger partial charge in [-0.05, 0) is 55.3 Å². The van der Waals surface area contributed by atoms with Crippen molar-refractivity contribution >= 4 is 51.1 Å². The van der Waals surface area contributed by atoms with Crippen LogP contribution >= 0.6 is 23.2 Å². The van der Waals surface area contributed by atoms with Gasteiger partial charge in [0.25, 0.3) is 0 Å². The number of carbonyl (C=O) groups is 3. The largest absolute Gasteiger partial charge is 0.465 e. The summed E-state index contributed by atoms with van der Waals surface area (Å²) in [6, 6.07) is 12.8. The van der Waals surface area contributed by atoms with Gasteiger partial charge in [-0.1, -0.05) is 65.7 Å². The van der Waals surface area contributed by atoms with Gasteiger partial charge in [-0.3, -0.25) is 14.5 Å². The normalized spacial score (nSPS) is 20.6. The van der Waals surface area contributed by atoms with Crippen LogP contribution in [0, 0.1) is 0 Å². The van der Waals surface area contributed by atoms with E-state index in [1.165, 1.54) is 35.2 Å². The highest BCUT2D eigenvalue weighted by Crippen LogP contribution is 2.37. The van der Waals surface area contributed by atoms with Crippen LogP contribution in [-0.4, -0.2) is 87.8 Å². The molecule has 0 saturated carbocycles. The summed E-state index contributed by atoms with van der Waals surface area (Å²) in [5.74, 6) is -1.39. The number of amides is 3. The molecular weight excluding hydrogens is 696 g/mol. The number of carbonyl (C=O) groups excluding carboxylic acids is 2. The van der Waals surface area contributed by atoms with Gasteiger partial charge in [0.2, 0.25) is 21.8 Å². The lowest BCUT2D eigenvalue weighted by molar-refractivity contribution is -0.171. The molecular formula is C32H31Cl2F3N4O6S. The van der Waals surface area contributed by atoms with E-state index in [9.17, 15) is 41.1 Å². The average Bonchev–Trinajstić information content (AvgIpc) is 3.01. The van der Waals surface area contributed by atoms with Crippen LogP contribution in [0.1, 0.15) is 30.5 Å². The summed E-state index contributed by atoms with van der Waals surface area (Å²) in [6.07, 6.45) is -7.69. The van der Waals surface area contributed by atoms with E-state index in [2.05, 4.69) is 0 Å². The summed E-state index contributed by atoms with van der Waals surface area (Å²) in [5.41, 5.74) is -0.116. The number of hydrogen-bond acceptors (Lipinski definition) is 5. The monoisotopic (exact) mass is 726 g/mol. The predicted molar refractivity (Wildman–Crippen MR) is 171 cm³/mol. The maximum Gasteiger partial charge on any atom is 0.416 e. The number of benzene rings is 3. The molecule has 0 bridgehead atoms. The van der Waals surface area contributed by atoms with Gasteiger partial charge in [-0.25, -0.2) is 13.2 Å². The Hall–Kier alpha value is -3.85. The number of carboxylic acid groups (broad SMARTS) is 1. The minimum Gasteiger partial charge on any atom is -0.465 e. The van der Waals surface area contributed by atoms with Gasteiger partial charge in [0.05, 0.1) is 17.1 Å². The first kappa shape index (κ1) is 35.5. The van der Waals surface area contributed by atoms with E-state index in [-0.39, 0.29) is 40.0 Å². The number of rotatable bonds is 8. The predicted octanol–water partition coefficient (Wildman–Crippen LogP) is 5.58. The van der Waals surface area contributed by atoms with Crippen LogP contribution in [0.4, 0.5) is 18.0 Å². The summed E-state index contributed by atoms with van der Waals surface area (Å²) >= 11 is 12.4. The molecule has 0 spiro atoms. The van der Waals surface area contributed by atoms with Gasteiger partial charge in [0.1, 0.15) is 23.1 Å².